The lowest BCUT2D eigenvalue weighted by Crippen LogP contribution is -2.59. The smallest absolute Gasteiger partial charge is 0.176 e. The molecule has 0 aliphatic heterocycles. The van der Waals surface area contributed by atoms with Crippen LogP contribution in [0, 0.1) is 0 Å². The maximum absolute atomic E-state index is 10.1. The molecule has 0 aliphatic rings. The molecule has 0 spiro atoms. The van der Waals surface area contributed by atoms with Crippen molar-refractivity contribution in [2.24, 2.45) is 0 Å². The number of quaternary nitrogens is 1. The molecule has 0 saturated carbocycles. The molecule has 5 aromatic carbocycles. The second-order valence-corrected chi connectivity index (χ2v) is 15.0. The van der Waals surface area contributed by atoms with Crippen molar-refractivity contribution in [1.82, 2.24) is 0 Å². The molecule has 0 unspecified atom stereocenters. The van der Waals surface area contributed by atoms with E-state index in [-0.39, 0.29) is 11.1 Å². The number of carbonyl (C=O) groups excluding carboxylic acids is 1. The van der Waals surface area contributed by atoms with E-state index in [0.717, 1.165) is 11.0 Å². The molecule has 0 fully saturated rings. The Morgan fingerprint density at radius 3 is 1.30 bits per heavy atom. The summed E-state index contributed by atoms with van der Waals surface area (Å²) in [5.74, 6) is -1.13. The van der Waals surface area contributed by atoms with Crippen molar-refractivity contribution in [2.75, 3.05) is 20.6 Å². The van der Waals surface area contributed by atoms with Crippen molar-refractivity contribution in [3.8, 4) is 11.1 Å². The van der Waals surface area contributed by atoms with Gasteiger partial charge in [0.15, 0.2) is 5.54 Å². The molecule has 0 atom stereocenters. The van der Waals surface area contributed by atoms with Crippen molar-refractivity contribution < 1.29 is 14.4 Å². The van der Waals surface area contributed by atoms with Crippen molar-refractivity contribution in [1.29, 1.82) is 0 Å². The molecule has 53 heavy (non-hydrogen) atoms. The number of benzene rings is 5. The zero-order valence-corrected chi connectivity index (χ0v) is 32.7. The van der Waals surface area contributed by atoms with Crippen LogP contribution in [0.1, 0.15) is 124 Å². The van der Waals surface area contributed by atoms with Crippen LogP contribution in [0.3, 0.4) is 0 Å². The van der Waals surface area contributed by atoms with Crippen LogP contribution in [0.25, 0.3) is 11.1 Å². The SMILES string of the molecule is CCCCCCCCCCCCCCCC[N+](C)(C)C(c1ccccc1)(c1ccccc1)c1ccccc1-c1ccccc1.O=C([O-])c1ccccc1. The lowest BCUT2D eigenvalue weighted by atomic mass is 9.71. The van der Waals surface area contributed by atoms with Crippen LogP contribution in [0.15, 0.2) is 146 Å². The highest BCUT2D eigenvalue weighted by atomic mass is 16.4. The molecule has 5 rings (SSSR count). The summed E-state index contributed by atoms with van der Waals surface area (Å²) in [5.41, 5.74) is 6.53. The maximum atomic E-state index is 10.1. The van der Waals surface area contributed by atoms with Crippen LogP contribution < -0.4 is 5.11 Å². The molecule has 0 N–H and O–H groups in total. The molecule has 3 heteroatoms. The van der Waals surface area contributed by atoms with Gasteiger partial charge < -0.3 is 14.4 Å². The molecular weight excluding hydrogens is 647 g/mol. The second kappa shape index (κ2) is 22.6. The molecule has 0 radical (unpaired) electrons. The van der Waals surface area contributed by atoms with Crippen LogP contribution in [-0.2, 0) is 5.54 Å². The maximum Gasteiger partial charge on any atom is 0.176 e. The van der Waals surface area contributed by atoms with E-state index in [1.54, 1.807) is 18.2 Å². The highest BCUT2D eigenvalue weighted by Crippen LogP contribution is 2.48. The summed E-state index contributed by atoms with van der Waals surface area (Å²) >= 11 is 0. The molecule has 280 valence electrons. The van der Waals surface area contributed by atoms with Crippen molar-refractivity contribution in [3.63, 3.8) is 0 Å². The van der Waals surface area contributed by atoms with Gasteiger partial charge in [-0.15, -0.1) is 0 Å². The minimum Gasteiger partial charge on any atom is -0.545 e. The summed E-state index contributed by atoms with van der Waals surface area (Å²) in [6.07, 6.45) is 19.5. The summed E-state index contributed by atoms with van der Waals surface area (Å²) in [4.78, 5) is 10.1. The Morgan fingerprint density at radius 2 is 0.868 bits per heavy atom. The van der Waals surface area contributed by atoms with Crippen LogP contribution in [0.4, 0.5) is 0 Å². The number of rotatable bonds is 21. The predicted molar refractivity (Wildman–Crippen MR) is 223 cm³/mol. The molecule has 0 aliphatic carbocycles. The molecule has 0 bridgehead atoms. The highest BCUT2D eigenvalue weighted by Gasteiger charge is 2.51. The lowest BCUT2D eigenvalue weighted by molar-refractivity contribution is -0.936. The molecule has 0 aromatic heterocycles. The predicted octanol–water partition coefficient (Wildman–Crippen LogP) is 12.3. The first-order chi connectivity index (χ1) is 25.9. The zero-order chi connectivity index (χ0) is 37.6. The van der Waals surface area contributed by atoms with E-state index in [4.69, 9.17) is 0 Å². The van der Waals surface area contributed by atoms with Crippen LogP contribution in [0.5, 0.6) is 0 Å². The normalized spacial score (nSPS) is 11.5. The highest BCUT2D eigenvalue weighted by molar-refractivity contribution is 5.85. The van der Waals surface area contributed by atoms with E-state index in [2.05, 4.69) is 136 Å². The Hall–Kier alpha value is -4.47. The van der Waals surface area contributed by atoms with E-state index < -0.39 is 5.97 Å². The minimum atomic E-state index is -1.13. The molecule has 0 saturated heterocycles. The Labute approximate surface area is 321 Å². The standard InChI is InChI=1S/C43H58N.C7H6O2/c1-4-5-6-7-8-9-10-11-12-13-14-15-16-28-37-44(2,3)43(39-31-22-18-23-32-39,40-33-24-19-25-34-40)42-36-27-26-35-41(42)38-29-20-17-21-30-38;8-7(9)6-4-2-1-3-5-6/h17-27,29-36H,4-16,28,37H2,1-3H3;1-5H,(H,8,9)/q+1;/p-1. The summed E-state index contributed by atoms with van der Waals surface area (Å²) in [5, 5.41) is 10.1. The first kappa shape index (κ1) is 41.3. The first-order valence-electron chi connectivity index (χ1n) is 20.3. The number of carbonyl (C=O) groups is 1. The van der Waals surface area contributed by atoms with Crippen LogP contribution in [0.2, 0.25) is 0 Å². The van der Waals surface area contributed by atoms with Crippen molar-refractivity contribution in [3.05, 3.63) is 168 Å². The van der Waals surface area contributed by atoms with Gasteiger partial charge >= 0.3 is 0 Å². The van der Waals surface area contributed by atoms with Gasteiger partial charge in [-0.3, -0.25) is 0 Å². The van der Waals surface area contributed by atoms with Gasteiger partial charge in [0, 0.05) is 16.7 Å². The molecule has 3 nitrogen and oxygen atoms in total. The van der Waals surface area contributed by atoms with Crippen molar-refractivity contribution in [2.45, 2.75) is 102 Å². The van der Waals surface area contributed by atoms with E-state index in [9.17, 15) is 9.90 Å². The third-order valence-corrected chi connectivity index (χ3v) is 10.8. The topological polar surface area (TPSA) is 40.1 Å². The largest absolute Gasteiger partial charge is 0.545 e. The fraction of sp³-hybridized carbons (Fsp3) is 0.380. The van der Waals surface area contributed by atoms with Crippen LogP contribution in [-0.4, -0.2) is 31.1 Å². The quantitative estimate of drug-likeness (QED) is 0.0432. The van der Waals surface area contributed by atoms with Gasteiger partial charge in [-0.05, 0) is 29.5 Å². The number of aromatic carboxylic acids is 1. The average Bonchev–Trinajstić information content (AvgIpc) is 3.20. The average molecular weight is 710 g/mol. The van der Waals surface area contributed by atoms with Gasteiger partial charge in [0.2, 0.25) is 0 Å². The lowest BCUT2D eigenvalue weighted by Gasteiger charge is -2.50. The summed E-state index contributed by atoms with van der Waals surface area (Å²) in [6, 6.07) is 50.7. The van der Waals surface area contributed by atoms with Gasteiger partial charge in [0.1, 0.15) is 0 Å². The Bertz CT molecular complexity index is 1660. The zero-order valence-electron chi connectivity index (χ0n) is 32.7. The molecule has 5 aromatic rings. The fourth-order valence-corrected chi connectivity index (χ4v) is 7.97. The minimum absolute atomic E-state index is 0.220. The molecule has 0 amide bonds. The number of unbranched alkanes of at least 4 members (excludes halogenated alkanes) is 13. The van der Waals surface area contributed by atoms with E-state index in [0.29, 0.717) is 0 Å². The Morgan fingerprint density at radius 1 is 0.491 bits per heavy atom. The molecule has 0 heterocycles. The van der Waals surface area contributed by atoms with E-state index in [1.807, 2.05) is 0 Å². The number of carboxylic acid groups (broad SMARTS) is 1. The Balaban J connectivity index is 0.000000608. The van der Waals surface area contributed by atoms with E-state index >= 15 is 0 Å². The van der Waals surface area contributed by atoms with Gasteiger partial charge in [0.05, 0.1) is 26.6 Å². The first-order valence-corrected chi connectivity index (χ1v) is 20.3. The number of hydrogen-bond acceptors (Lipinski definition) is 2. The van der Waals surface area contributed by atoms with E-state index in [1.165, 1.54) is 130 Å². The fourth-order valence-electron chi connectivity index (χ4n) is 7.97. The van der Waals surface area contributed by atoms with Crippen LogP contribution >= 0.6 is 0 Å². The summed E-state index contributed by atoms with van der Waals surface area (Å²) < 4.78 is 0.864. The summed E-state index contributed by atoms with van der Waals surface area (Å²) in [7, 11) is 4.92. The van der Waals surface area contributed by atoms with Gasteiger partial charge in [0.25, 0.3) is 0 Å². The van der Waals surface area contributed by atoms with Gasteiger partial charge in [-0.1, -0.05) is 230 Å². The number of nitrogens with zero attached hydrogens (tertiary/aromatic N) is 1. The monoisotopic (exact) mass is 709 g/mol. The molecular formula is C50H63NO2. The van der Waals surface area contributed by atoms with Gasteiger partial charge in [-0.25, -0.2) is 0 Å². The third-order valence-electron chi connectivity index (χ3n) is 10.8. The van der Waals surface area contributed by atoms with Crippen molar-refractivity contribution >= 4 is 5.97 Å². The number of hydrogen-bond donors (Lipinski definition) is 0. The third kappa shape index (κ3) is 12.0. The number of carboxylic acids is 1. The van der Waals surface area contributed by atoms with Gasteiger partial charge in [-0.2, -0.15) is 0 Å². The second-order valence-electron chi connectivity index (χ2n) is 15.0. The summed E-state index contributed by atoms with van der Waals surface area (Å²) in [6.45, 7) is 3.42. The Kier molecular flexibility index (Phi) is 17.6.